The van der Waals surface area contributed by atoms with Crippen LogP contribution >= 0.6 is 81.2 Å². The summed E-state index contributed by atoms with van der Waals surface area (Å²) in [5, 5.41) is 38.2. The van der Waals surface area contributed by atoms with Gasteiger partial charge in [-0.2, -0.15) is 0 Å². The molecule has 15 aliphatic heterocycles. The van der Waals surface area contributed by atoms with Crippen molar-refractivity contribution >= 4 is 155 Å². The van der Waals surface area contributed by atoms with Gasteiger partial charge in [0.1, 0.15) is 143 Å². The Balaban J connectivity index is 0.000000137. The smallest absolute Gasteiger partial charge is 0.277 e. The fourth-order valence-electron chi connectivity index (χ4n) is 20.0. The molecule has 9 fully saturated rings. The van der Waals surface area contributed by atoms with Crippen molar-refractivity contribution in [3.63, 3.8) is 0 Å². The zero-order chi connectivity index (χ0) is 104. The van der Waals surface area contributed by atoms with E-state index in [4.69, 9.17) is 156 Å². The van der Waals surface area contributed by atoms with Crippen LogP contribution in [0, 0.1) is 17.8 Å². The minimum Gasteiger partial charge on any atom is -0.417 e. The van der Waals surface area contributed by atoms with Gasteiger partial charge >= 0.3 is 0 Å². The maximum atomic E-state index is 14.1. The number of hydrogen-bond acceptors (Lipinski definition) is 32. The lowest BCUT2D eigenvalue weighted by Gasteiger charge is -2.36. The van der Waals surface area contributed by atoms with E-state index in [0.29, 0.717) is 90.4 Å². The van der Waals surface area contributed by atoms with E-state index in [9.17, 15) is 24.9 Å². The minimum absolute atomic E-state index is 0.0517. The van der Waals surface area contributed by atoms with Crippen molar-refractivity contribution in [1.82, 2.24) is 34.3 Å². The number of likely N-dealkylation sites (N-methyl/N-ethyl adjacent to an activating group) is 1. The van der Waals surface area contributed by atoms with E-state index in [-0.39, 0.29) is 64.6 Å². The van der Waals surface area contributed by atoms with Gasteiger partial charge in [0.15, 0.2) is 82.7 Å². The average Bonchev–Trinajstić information content (AvgIpc) is 1.60. The molecule has 17 heterocycles. The Morgan fingerprint density at radius 3 is 1.31 bits per heavy atom. The first kappa shape index (κ1) is 110. The van der Waals surface area contributed by atoms with E-state index in [0.717, 1.165) is 59.8 Å². The third kappa shape index (κ3) is 23.8. The number of amides is 1. The second-order valence-electron chi connectivity index (χ2n) is 42.9. The van der Waals surface area contributed by atoms with Crippen LogP contribution in [-0.4, -0.2) is 293 Å². The zero-order valence-corrected chi connectivity index (χ0v) is 92.1. The second-order valence-corrected chi connectivity index (χ2v) is 55.4. The summed E-state index contributed by atoms with van der Waals surface area (Å²) in [5.74, 6) is -4.32. The second kappa shape index (κ2) is 44.6. The zero-order valence-electron chi connectivity index (χ0n) is 84.8. The van der Waals surface area contributed by atoms with Crippen LogP contribution in [-0.2, 0) is 99.3 Å². The van der Waals surface area contributed by atoms with Crippen molar-refractivity contribution in [1.29, 1.82) is 0 Å². The van der Waals surface area contributed by atoms with E-state index < -0.39 is 150 Å². The predicted octanol–water partition coefficient (Wildman–Crippen LogP) is 17.5. The predicted molar refractivity (Wildman–Crippen MR) is 555 cm³/mol. The van der Waals surface area contributed by atoms with Crippen LogP contribution in [0.5, 0.6) is 0 Å². The van der Waals surface area contributed by atoms with Crippen molar-refractivity contribution in [3.05, 3.63) is 164 Å². The Morgan fingerprint density at radius 2 is 0.882 bits per heavy atom. The number of aliphatic imine (C=N–C) groups is 6. The van der Waals surface area contributed by atoms with Crippen molar-refractivity contribution < 1.29 is 100 Å². The van der Waals surface area contributed by atoms with Gasteiger partial charge in [-0.25, -0.2) is 45.0 Å². The quantitative estimate of drug-likeness (QED) is 0.0161. The molecule has 20 rings (SSSR count). The average molecular weight is 2170 g/mol. The first-order chi connectivity index (χ1) is 68.0. The Labute approximate surface area is 878 Å². The molecule has 43 heteroatoms. The highest BCUT2D eigenvalue weighted by atomic mass is 35.5. The van der Waals surface area contributed by atoms with Crippen molar-refractivity contribution in [3.8, 4) is 0 Å². The van der Waals surface area contributed by atoms with Gasteiger partial charge in [0, 0.05) is 85.5 Å². The van der Waals surface area contributed by atoms with Crippen LogP contribution in [0.4, 0.5) is 0 Å². The van der Waals surface area contributed by atoms with Crippen LogP contribution in [0.2, 0.25) is 56.5 Å². The number of aliphatic hydroxyl groups excluding tert-OH is 3. The van der Waals surface area contributed by atoms with E-state index in [1.54, 1.807) is 54.9 Å². The normalized spacial score (nSPS) is 31.7. The molecule has 3 aromatic carbocycles. The molecule has 144 heavy (non-hydrogen) atoms. The Bertz CT molecular complexity index is 5730. The van der Waals surface area contributed by atoms with E-state index in [2.05, 4.69) is 108 Å². The molecule has 3 N–H and O–H groups in total. The number of aryl methyl sites for hydroxylation is 3. The largest absolute Gasteiger partial charge is 0.417 e. The Morgan fingerprint density at radius 1 is 0.500 bits per heavy atom. The van der Waals surface area contributed by atoms with Gasteiger partial charge in [-0.15, -0.1) is 0 Å². The monoisotopic (exact) mass is 2170 g/mol. The maximum absolute atomic E-state index is 14.1. The standard InChI is InChI=1S/C29H41Cl2N3O5Si.C29H39Cl2N3O5Si.C23H27Cl2N3O5.C16H19ClN4O5.C4H8O/c2*1-28(2,3)40(6,7)36-14-8-9-17-15-18(30)10-11-19(17)21(35)22-23-24(39-29(4,5)38-23)27(37-22)34-13-12-20-25(31)32-16-33-26(20)34;1-23(2)32-18-17(16(30)14-6-5-13(24)10-12(14)4-3-9-29)31-22(19(18)33-23)28-8-7-15-20(25)26-11-27-21(15)28;1-16(2)25-9-10(14(22)20(3)23-4)24-15(11(9)26-16)21-6-5-8-12(17)18-7-19-13(8)21;1-2-4-5-3-1/h10-13,15-16,20-24,26-27,35H,8-9,14H2,1-7H3;10-13,15-16,20,22-24,26-27H,8-9,14H2,1-7H3;5-8,10-11,15-19,21-22,29-30H,3-4,9H2,1-2H3;5-7,9-11,15H,1-4H3;1-4H2/t20?,21-,22-,23-,24-,26?,27-;20?,22-,23-,24-,26?,27-;15?,16-,17-,18-,19-,21?,22-;9-,10+,11-,15?;/m1111./s1. The summed E-state index contributed by atoms with van der Waals surface area (Å²) in [6.07, 6.45) is 13.7. The van der Waals surface area contributed by atoms with Crippen LogP contribution in [0.25, 0.3) is 11.0 Å². The molecule has 0 radical (unpaired) electrons. The molecule has 786 valence electrons. The van der Waals surface area contributed by atoms with Crippen LogP contribution < -0.4 is 0 Å². The third-order valence-corrected chi connectivity index (χ3v) is 40.3. The first-order valence-corrected chi connectivity index (χ1v) is 57.6. The fraction of sp³-hybridized carbons (Fsp3) is 0.624. The van der Waals surface area contributed by atoms with Gasteiger partial charge in [-0.3, -0.25) is 14.4 Å². The summed E-state index contributed by atoms with van der Waals surface area (Å²) < 4.78 is 94.6. The fourth-order valence-corrected chi connectivity index (χ4v) is 23.6. The van der Waals surface area contributed by atoms with E-state index >= 15 is 0 Å². The highest BCUT2D eigenvalue weighted by Gasteiger charge is 2.65. The number of fused-ring (bicyclic) bond motifs is 8. The molecule has 9 saturated heterocycles. The topological polar surface area (TPSA) is 360 Å². The summed E-state index contributed by atoms with van der Waals surface area (Å²) in [6, 6.07) is 18.2. The number of ketones is 1. The third-order valence-electron chi connectivity index (χ3n) is 29.1. The molecular formula is C101H134Cl7N13O21Si2. The lowest BCUT2D eigenvalue weighted by Crippen LogP contribution is -2.47. The number of rotatable bonds is 25. The summed E-state index contributed by atoms with van der Waals surface area (Å²) >= 11 is 44.1. The minimum atomic E-state index is -1.86. The van der Waals surface area contributed by atoms with Gasteiger partial charge in [0.2, 0.25) is 0 Å². The summed E-state index contributed by atoms with van der Waals surface area (Å²) in [5.41, 5.74) is 5.36. The number of carbonyl (C=O) groups is 2. The molecule has 0 saturated carbocycles. The van der Waals surface area contributed by atoms with Crippen molar-refractivity contribution in [2.45, 2.75) is 337 Å². The number of halogens is 7. The highest BCUT2D eigenvalue weighted by molar-refractivity contribution is 6.74. The summed E-state index contributed by atoms with van der Waals surface area (Å²) in [6.45, 7) is 40.5. The highest BCUT2D eigenvalue weighted by Crippen LogP contribution is 2.53. The van der Waals surface area contributed by atoms with Gasteiger partial charge in [0.25, 0.3) is 5.91 Å². The molecule has 0 spiro atoms. The lowest BCUT2D eigenvalue weighted by molar-refractivity contribution is -0.215. The van der Waals surface area contributed by atoms with Crippen molar-refractivity contribution in [2.24, 2.45) is 47.7 Å². The van der Waals surface area contributed by atoms with Gasteiger partial charge in [-0.1, -0.05) is 153 Å². The van der Waals surface area contributed by atoms with Crippen molar-refractivity contribution in [2.75, 3.05) is 47.2 Å². The molecule has 15 aliphatic rings. The molecule has 34 nitrogen and oxygen atoms in total. The summed E-state index contributed by atoms with van der Waals surface area (Å²) in [7, 11) is -0.761. The molecule has 2 aromatic heterocycles. The number of nitrogens with zero attached hydrogens (tertiary/aromatic N) is 13. The van der Waals surface area contributed by atoms with Crippen LogP contribution in [0.15, 0.2) is 140 Å². The number of hydrogen-bond donors (Lipinski definition) is 3. The van der Waals surface area contributed by atoms with Gasteiger partial charge in [0.05, 0.1) is 30.2 Å². The summed E-state index contributed by atoms with van der Waals surface area (Å²) in [4.78, 5) is 71.9. The molecule has 0 bridgehead atoms. The number of Topliss-reactive ketones (excluding diaryl/α,β-unsaturated/α-hetero) is 1. The molecule has 1 amide bonds. The van der Waals surface area contributed by atoms with Gasteiger partial charge in [-0.05, 0) is 219 Å². The Hall–Kier alpha value is -6.24. The maximum Gasteiger partial charge on any atom is 0.277 e. The molecule has 0 aliphatic carbocycles. The van der Waals surface area contributed by atoms with Crippen LogP contribution in [0.3, 0.4) is 0 Å². The molecule has 5 aromatic rings. The number of aliphatic hydroxyl groups is 3. The number of carbonyl (C=O) groups excluding carboxylic acids is 2. The molecule has 24 atom stereocenters. The SMILES string of the molecule is C1CCOC1.CC1(C)O[C@@H]2[C@H](O1)[C@@H](C(=O)c1ccc(Cl)cc1CCCO[Si](C)(C)C(C)(C)C)O[C@H]2N1C=CC2C(Cl)=NC=NC21.CC1(C)O[C@H]2[C@@H](O1)[C@H](N1C=CC3C(Cl)=NC=NC31)O[C@@H]2[C@H](O)c1ccc(Cl)cc1CCCO.CC1(C)O[C@H]2[C@@H](O1)[C@H](N1C=CC3C(Cl)=NC=NC31)O[C@@H]2[C@H](O)c1ccc(Cl)cc1CCCO[Si](C)(C)C(C)(C)C.CON(C)C(=O)[C@H]1OC(n2ccc3c(Cl)ncnc32)[C@@H]2OC(C)(C)O[C@H]12. The van der Waals surface area contributed by atoms with Crippen LogP contribution in [0.1, 0.15) is 186 Å². The number of benzene rings is 3. The Kier molecular flexibility index (Phi) is 34.2. The number of aromatic nitrogens is 3. The number of hydroxylamine groups is 2. The molecule has 7 unspecified atom stereocenters. The molecular weight excluding hydrogens is 2040 g/mol. The van der Waals surface area contributed by atoms with E-state index in [1.165, 1.54) is 52.3 Å². The first-order valence-electron chi connectivity index (χ1n) is 49.1. The van der Waals surface area contributed by atoms with E-state index in [1.807, 2.05) is 123 Å². The van der Waals surface area contributed by atoms with Gasteiger partial charge < -0.3 is 105 Å². The lowest BCUT2D eigenvalue weighted by atomic mass is 9.93. The number of ether oxygens (including phenoxy) is 13.